The molecule has 0 saturated carbocycles. The summed E-state index contributed by atoms with van der Waals surface area (Å²) in [5.74, 6) is -0.812. The lowest BCUT2D eigenvalue weighted by atomic mass is 10.1. The van der Waals surface area contributed by atoms with Crippen molar-refractivity contribution in [1.29, 1.82) is 0 Å². The van der Waals surface area contributed by atoms with Crippen molar-refractivity contribution in [2.24, 2.45) is 0 Å². The summed E-state index contributed by atoms with van der Waals surface area (Å²) in [6, 6.07) is 10.6. The van der Waals surface area contributed by atoms with E-state index in [1.807, 2.05) is 5.48 Å². The quantitative estimate of drug-likeness (QED) is 0.705. The van der Waals surface area contributed by atoms with Crippen LogP contribution in [-0.2, 0) is 15.8 Å². The molecule has 0 fully saturated rings. The zero-order chi connectivity index (χ0) is 20.7. The summed E-state index contributed by atoms with van der Waals surface area (Å²) in [5.41, 5.74) is 1.51. The number of alkyl halides is 3. The molecule has 2 N–H and O–H groups in total. The Balaban J connectivity index is 1.86. The van der Waals surface area contributed by atoms with Gasteiger partial charge in [-0.1, -0.05) is 24.3 Å². The number of para-hydroxylation sites is 1. The number of rotatable bonds is 7. The van der Waals surface area contributed by atoms with E-state index in [9.17, 15) is 22.8 Å². The van der Waals surface area contributed by atoms with Crippen LogP contribution < -0.4 is 15.5 Å². The van der Waals surface area contributed by atoms with Crippen LogP contribution in [0.15, 0.2) is 48.5 Å². The van der Waals surface area contributed by atoms with Crippen LogP contribution >= 0.6 is 0 Å². The van der Waals surface area contributed by atoms with E-state index < -0.39 is 30.2 Å². The average Bonchev–Trinajstić information content (AvgIpc) is 2.67. The van der Waals surface area contributed by atoms with E-state index in [2.05, 4.69) is 5.32 Å². The Bertz CT molecular complexity index is 840. The van der Waals surface area contributed by atoms with Gasteiger partial charge in [0, 0.05) is 11.1 Å². The average molecular weight is 396 g/mol. The van der Waals surface area contributed by atoms with Crippen LogP contribution in [0.5, 0.6) is 5.75 Å². The lowest BCUT2D eigenvalue weighted by Gasteiger charge is -2.17. The van der Waals surface area contributed by atoms with Crippen molar-refractivity contribution in [3.05, 3.63) is 65.2 Å². The highest BCUT2D eigenvalue weighted by Crippen LogP contribution is 2.29. The zero-order valence-electron chi connectivity index (χ0n) is 15.2. The van der Waals surface area contributed by atoms with Crippen LogP contribution in [0.25, 0.3) is 0 Å². The van der Waals surface area contributed by atoms with Gasteiger partial charge in [-0.15, -0.1) is 0 Å². The Morgan fingerprint density at radius 3 is 2.50 bits per heavy atom. The predicted octanol–water partition coefficient (Wildman–Crippen LogP) is 3.25. The van der Waals surface area contributed by atoms with E-state index >= 15 is 0 Å². The molecule has 0 aliphatic rings. The van der Waals surface area contributed by atoms with Crippen molar-refractivity contribution in [3.8, 4) is 5.75 Å². The third kappa shape index (κ3) is 5.71. The molecule has 0 saturated heterocycles. The molecule has 0 heterocycles. The van der Waals surface area contributed by atoms with Gasteiger partial charge in [0.1, 0.15) is 5.75 Å². The van der Waals surface area contributed by atoms with Crippen molar-refractivity contribution < 1.29 is 32.3 Å². The smallest absolute Gasteiger partial charge is 0.416 e. The van der Waals surface area contributed by atoms with Crippen molar-refractivity contribution in [2.45, 2.75) is 19.1 Å². The number of carbonyl (C=O) groups excluding carboxylic acids is 2. The molecule has 150 valence electrons. The maximum absolute atomic E-state index is 12.7. The lowest BCUT2D eigenvalue weighted by Crippen LogP contribution is -2.34. The summed E-state index contributed by atoms with van der Waals surface area (Å²) >= 11 is 0. The van der Waals surface area contributed by atoms with Crippen LogP contribution in [0.4, 0.5) is 13.2 Å². The fourth-order valence-electron chi connectivity index (χ4n) is 2.45. The molecule has 0 bridgehead atoms. The molecule has 0 spiro atoms. The monoisotopic (exact) mass is 396 g/mol. The van der Waals surface area contributed by atoms with Crippen molar-refractivity contribution in [2.75, 3.05) is 13.7 Å². The Morgan fingerprint density at radius 2 is 1.82 bits per heavy atom. The predicted molar refractivity (Wildman–Crippen MR) is 94.4 cm³/mol. The van der Waals surface area contributed by atoms with Crippen molar-refractivity contribution >= 4 is 11.8 Å². The van der Waals surface area contributed by atoms with Gasteiger partial charge >= 0.3 is 6.18 Å². The van der Waals surface area contributed by atoms with E-state index in [4.69, 9.17) is 9.57 Å². The number of carbonyl (C=O) groups is 2. The Morgan fingerprint density at radius 1 is 1.11 bits per heavy atom. The van der Waals surface area contributed by atoms with Gasteiger partial charge in [-0.2, -0.15) is 13.2 Å². The van der Waals surface area contributed by atoms with Crippen molar-refractivity contribution in [3.63, 3.8) is 0 Å². The van der Waals surface area contributed by atoms with Gasteiger partial charge in [0.25, 0.3) is 5.91 Å². The Labute approximate surface area is 159 Å². The first kappa shape index (κ1) is 21.2. The molecule has 2 aromatic rings. The highest BCUT2D eigenvalue weighted by Gasteiger charge is 2.30. The second-order valence-corrected chi connectivity index (χ2v) is 5.83. The van der Waals surface area contributed by atoms with E-state index in [1.165, 1.54) is 13.2 Å². The van der Waals surface area contributed by atoms with Crippen LogP contribution in [0.3, 0.4) is 0 Å². The van der Waals surface area contributed by atoms with E-state index in [1.54, 1.807) is 31.2 Å². The fourth-order valence-corrected chi connectivity index (χ4v) is 2.45. The zero-order valence-corrected chi connectivity index (χ0v) is 15.2. The summed E-state index contributed by atoms with van der Waals surface area (Å²) in [4.78, 5) is 28.6. The number of halogens is 3. The third-order valence-corrected chi connectivity index (χ3v) is 3.80. The topological polar surface area (TPSA) is 76.7 Å². The second-order valence-electron chi connectivity index (χ2n) is 5.83. The van der Waals surface area contributed by atoms with Crippen LogP contribution in [-0.4, -0.2) is 25.5 Å². The molecule has 0 radical (unpaired) electrons. The molecule has 0 aliphatic heterocycles. The number of methoxy groups -OCH3 is 1. The van der Waals surface area contributed by atoms with E-state index in [0.717, 1.165) is 17.7 Å². The first-order valence-corrected chi connectivity index (χ1v) is 8.24. The molecule has 0 aromatic heterocycles. The van der Waals surface area contributed by atoms with Gasteiger partial charge in [0.15, 0.2) is 6.61 Å². The summed E-state index contributed by atoms with van der Waals surface area (Å²) < 4.78 is 43.3. The van der Waals surface area contributed by atoms with Crippen LogP contribution in [0.1, 0.15) is 34.5 Å². The molecule has 1 unspecified atom stereocenters. The van der Waals surface area contributed by atoms with Gasteiger partial charge in [0.2, 0.25) is 5.91 Å². The number of hydrogen-bond acceptors (Lipinski definition) is 4. The minimum atomic E-state index is -4.56. The first-order chi connectivity index (χ1) is 13.2. The number of benzene rings is 2. The molecule has 2 rings (SSSR count). The first-order valence-electron chi connectivity index (χ1n) is 8.24. The normalized spacial score (nSPS) is 12.2. The SMILES string of the molecule is COc1ccccc1C(C)NC(=O)CONC(=O)c1cccc(C(F)(F)F)c1. The van der Waals surface area contributed by atoms with Gasteiger partial charge in [-0.3, -0.25) is 14.4 Å². The maximum Gasteiger partial charge on any atom is 0.416 e. The largest absolute Gasteiger partial charge is 0.496 e. The standard InChI is InChI=1S/C19H19F3N2O4/c1-12(15-8-3-4-9-16(15)27-2)23-17(25)11-28-24-18(26)13-6-5-7-14(10-13)19(20,21)22/h3-10,12H,11H2,1-2H3,(H,23,25)(H,24,26). The fraction of sp³-hybridized carbons (Fsp3) is 0.263. The minimum absolute atomic E-state index is 0.238. The number of amides is 2. The van der Waals surface area contributed by atoms with Gasteiger partial charge in [-0.05, 0) is 31.2 Å². The lowest BCUT2D eigenvalue weighted by molar-refractivity contribution is -0.137. The number of ether oxygens (including phenoxy) is 1. The second kappa shape index (κ2) is 9.23. The molecule has 0 aliphatic carbocycles. The minimum Gasteiger partial charge on any atom is -0.496 e. The molecule has 2 aromatic carbocycles. The molecule has 9 heteroatoms. The van der Waals surface area contributed by atoms with Gasteiger partial charge in [-0.25, -0.2) is 5.48 Å². The van der Waals surface area contributed by atoms with Crippen LogP contribution in [0, 0.1) is 0 Å². The summed E-state index contributed by atoms with van der Waals surface area (Å²) in [7, 11) is 1.51. The molecule has 1 atom stereocenters. The number of nitrogens with one attached hydrogen (secondary N) is 2. The summed E-state index contributed by atoms with van der Waals surface area (Å²) in [5, 5.41) is 2.67. The highest BCUT2D eigenvalue weighted by atomic mass is 19.4. The highest BCUT2D eigenvalue weighted by molar-refractivity contribution is 5.93. The molecular formula is C19H19F3N2O4. The maximum atomic E-state index is 12.7. The summed E-state index contributed by atoms with van der Waals surface area (Å²) in [6.45, 7) is 1.24. The van der Waals surface area contributed by atoms with Crippen LogP contribution in [0.2, 0.25) is 0 Å². The van der Waals surface area contributed by atoms with Gasteiger partial charge < -0.3 is 10.1 Å². The van der Waals surface area contributed by atoms with Gasteiger partial charge in [0.05, 0.1) is 18.7 Å². The van der Waals surface area contributed by atoms with Crippen molar-refractivity contribution in [1.82, 2.24) is 10.8 Å². The summed E-state index contributed by atoms with van der Waals surface area (Å²) in [6.07, 6.45) is -4.56. The van der Waals surface area contributed by atoms with E-state index in [-0.39, 0.29) is 11.6 Å². The Hall–Kier alpha value is -3.07. The molecule has 2 amide bonds. The molecular weight excluding hydrogens is 377 g/mol. The molecule has 6 nitrogen and oxygen atoms in total. The number of hydroxylamine groups is 1. The van der Waals surface area contributed by atoms with E-state index in [0.29, 0.717) is 11.8 Å². The molecule has 28 heavy (non-hydrogen) atoms. The number of hydrogen-bond donors (Lipinski definition) is 2. The third-order valence-electron chi connectivity index (χ3n) is 3.80. The Kier molecular flexibility index (Phi) is 7.00.